The molecule has 4 atom stereocenters. The van der Waals surface area contributed by atoms with E-state index in [9.17, 15) is 29.1 Å². The minimum atomic E-state index is -1.60. The van der Waals surface area contributed by atoms with Gasteiger partial charge in [0.2, 0.25) is 17.7 Å². The number of thiol groups is 1. The first-order valence-electron chi connectivity index (χ1n) is 10.4. The molecule has 35 heavy (non-hydrogen) atoms. The van der Waals surface area contributed by atoms with Crippen molar-refractivity contribution in [3.63, 3.8) is 0 Å². The molecule has 2 rings (SSSR count). The molecule has 0 fully saturated rings. The van der Waals surface area contributed by atoms with Crippen LogP contribution in [0.1, 0.15) is 12.0 Å². The quantitative estimate of drug-likeness (QED) is 0.136. The van der Waals surface area contributed by atoms with Crippen LogP contribution in [0.15, 0.2) is 30.5 Å². The first-order valence-corrected chi connectivity index (χ1v) is 11.1. The molecule has 1 aromatic heterocycles. The lowest BCUT2D eigenvalue weighted by atomic mass is 10.0. The van der Waals surface area contributed by atoms with E-state index in [0.29, 0.717) is 5.56 Å². The Labute approximate surface area is 204 Å². The van der Waals surface area contributed by atoms with Crippen molar-refractivity contribution < 1.29 is 39.3 Å². The smallest absolute Gasteiger partial charge is 0.328 e. The second-order valence-corrected chi connectivity index (χ2v) is 8.02. The van der Waals surface area contributed by atoms with Crippen LogP contribution in [0.2, 0.25) is 0 Å². The van der Waals surface area contributed by atoms with Gasteiger partial charge >= 0.3 is 11.9 Å². The number of nitrogens with one attached hydrogen (secondary N) is 4. The molecule has 0 radical (unpaired) electrons. The van der Waals surface area contributed by atoms with E-state index >= 15 is 0 Å². The number of aliphatic carboxylic acids is 2. The fraction of sp³-hybridized carbons (Fsp3) is 0.381. The van der Waals surface area contributed by atoms with Crippen molar-refractivity contribution in [1.29, 1.82) is 0 Å². The van der Waals surface area contributed by atoms with E-state index in [2.05, 4.69) is 33.6 Å². The lowest BCUT2D eigenvalue weighted by molar-refractivity contribution is -0.143. The van der Waals surface area contributed by atoms with Gasteiger partial charge in [-0.15, -0.1) is 0 Å². The van der Waals surface area contributed by atoms with Crippen molar-refractivity contribution in [2.75, 3.05) is 12.4 Å². The van der Waals surface area contributed by atoms with Gasteiger partial charge in [-0.2, -0.15) is 12.6 Å². The Morgan fingerprint density at radius 2 is 1.54 bits per heavy atom. The van der Waals surface area contributed by atoms with Gasteiger partial charge in [0.15, 0.2) is 0 Å². The van der Waals surface area contributed by atoms with Crippen molar-refractivity contribution in [2.24, 2.45) is 5.73 Å². The van der Waals surface area contributed by atoms with Gasteiger partial charge in [0.05, 0.1) is 19.1 Å². The molecule has 0 aliphatic carbocycles. The molecule has 14 heteroatoms. The number of hydrogen-bond acceptors (Lipinski definition) is 8. The number of rotatable bonds is 13. The summed E-state index contributed by atoms with van der Waals surface area (Å²) in [7, 11) is 0. The van der Waals surface area contributed by atoms with Crippen LogP contribution in [0.25, 0.3) is 10.9 Å². The van der Waals surface area contributed by atoms with E-state index < -0.39 is 66.9 Å². The number of aromatic nitrogens is 1. The molecule has 0 bridgehead atoms. The molecule has 0 saturated heterocycles. The Balaban J connectivity index is 2.23. The molecular weight excluding hydrogens is 482 g/mol. The SMILES string of the molecule is NC(CC(=O)O)C(=O)NC(CS)C(=O)NC(Cc1c[nH]c2ccccc12)C(=O)NC(CO)C(=O)O. The van der Waals surface area contributed by atoms with Crippen LogP contribution in [-0.4, -0.2) is 86.5 Å². The molecule has 2 aromatic rings. The third kappa shape index (κ3) is 7.70. The van der Waals surface area contributed by atoms with Crippen LogP contribution >= 0.6 is 12.6 Å². The second kappa shape index (κ2) is 12.7. The molecule has 1 heterocycles. The highest BCUT2D eigenvalue weighted by atomic mass is 32.1. The number of carboxylic acids is 2. The monoisotopic (exact) mass is 509 g/mol. The van der Waals surface area contributed by atoms with Gasteiger partial charge in [0.25, 0.3) is 0 Å². The van der Waals surface area contributed by atoms with Crippen LogP contribution in [0.4, 0.5) is 0 Å². The number of aromatic amines is 1. The first-order chi connectivity index (χ1) is 16.6. The Bertz CT molecular complexity index is 1090. The maximum absolute atomic E-state index is 12.9. The maximum Gasteiger partial charge on any atom is 0.328 e. The highest BCUT2D eigenvalue weighted by Gasteiger charge is 2.30. The standard InChI is InChI=1S/C21H27N5O8S/c22-12(6-17(28)29)18(30)26-16(9-35)20(32)24-14(19(31)25-15(8-27)21(33)34)5-10-7-23-13-4-2-1-3-11(10)13/h1-4,7,12,14-16,23,27,35H,5-6,8-9,22H2,(H,24,32)(H,25,31)(H,26,30)(H,28,29)(H,33,34). The summed E-state index contributed by atoms with van der Waals surface area (Å²) in [6, 6.07) is 1.64. The van der Waals surface area contributed by atoms with E-state index in [-0.39, 0.29) is 12.2 Å². The molecule has 1 aromatic carbocycles. The average Bonchev–Trinajstić information content (AvgIpc) is 3.22. The van der Waals surface area contributed by atoms with E-state index in [1.54, 1.807) is 18.3 Å². The number of carboxylic acid groups (broad SMARTS) is 2. The molecule has 0 aliphatic heterocycles. The molecule has 0 spiro atoms. The Kier molecular flexibility index (Phi) is 10.1. The molecule has 4 unspecified atom stereocenters. The summed E-state index contributed by atoms with van der Waals surface area (Å²) in [5.41, 5.74) is 6.94. The summed E-state index contributed by atoms with van der Waals surface area (Å²) in [5, 5.41) is 34.9. The zero-order valence-corrected chi connectivity index (χ0v) is 19.3. The van der Waals surface area contributed by atoms with Gasteiger partial charge in [0, 0.05) is 29.3 Å². The number of aliphatic hydroxyl groups excluding tert-OH is 1. The molecule has 9 N–H and O–H groups in total. The van der Waals surface area contributed by atoms with Gasteiger partial charge in [-0.3, -0.25) is 19.2 Å². The predicted octanol–water partition coefficient (Wildman–Crippen LogP) is -2.03. The molecule has 0 aliphatic rings. The molecule has 0 saturated carbocycles. The topological polar surface area (TPSA) is 224 Å². The molecule has 190 valence electrons. The lowest BCUT2D eigenvalue weighted by Crippen LogP contribution is -2.58. The lowest BCUT2D eigenvalue weighted by Gasteiger charge is -2.24. The summed E-state index contributed by atoms with van der Waals surface area (Å²) in [5.74, 6) is -5.57. The zero-order valence-electron chi connectivity index (χ0n) is 18.4. The van der Waals surface area contributed by atoms with E-state index in [0.717, 1.165) is 10.9 Å². The largest absolute Gasteiger partial charge is 0.481 e. The number of carbonyl (C=O) groups is 5. The number of carbonyl (C=O) groups excluding carboxylic acids is 3. The van der Waals surface area contributed by atoms with Crippen LogP contribution in [0.3, 0.4) is 0 Å². The number of fused-ring (bicyclic) bond motifs is 1. The van der Waals surface area contributed by atoms with Gasteiger partial charge < -0.3 is 42.0 Å². The van der Waals surface area contributed by atoms with Crippen LogP contribution in [0, 0.1) is 0 Å². The number of para-hydroxylation sites is 1. The van der Waals surface area contributed by atoms with Crippen molar-refractivity contribution in [2.45, 2.75) is 37.0 Å². The average molecular weight is 510 g/mol. The summed E-state index contributed by atoms with van der Waals surface area (Å²) in [6.07, 6.45) is 0.932. The zero-order chi connectivity index (χ0) is 26.1. The van der Waals surface area contributed by atoms with Gasteiger partial charge in [-0.05, 0) is 11.6 Å². The van der Waals surface area contributed by atoms with Gasteiger partial charge in [-0.1, -0.05) is 18.2 Å². The summed E-state index contributed by atoms with van der Waals surface area (Å²) < 4.78 is 0. The molecule has 13 nitrogen and oxygen atoms in total. The fourth-order valence-electron chi connectivity index (χ4n) is 3.21. The summed E-state index contributed by atoms with van der Waals surface area (Å²) in [6.45, 7) is -0.869. The van der Waals surface area contributed by atoms with Crippen LogP contribution < -0.4 is 21.7 Å². The van der Waals surface area contributed by atoms with Gasteiger partial charge in [0.1, 0.15) is 18.1 Å². The minimum absolute atomic E-state index is 0.0505. The maximum atomic E-state index is 12.9. The number of aliphatic hydroxyl groups is 1. The van der Waals surface area contributed by atoms with Crippen molar-refractivity contribution in [1.82, 2.24) is 20.9 Å². The van der Waals surface area contributed by atoms with Crippen molar-refractivity contribution in [3.8, 4) is 0 Å². The number of hydrogen-bond donors (Lipinski definition) is 9. The minimum Gasteiger partial charge on any atom is -0.481 e. The highest BCUT2D eigenvalue weighted by Crippen LogP contribution is 2.19. The van der Waals surface area contributed by atoms with Crippen LogP contribution in [0.5, 0.6) is 0 Å². The normalized spacial score (nSPS) is 14.4. The third-order valence-electron chi connectivity index (χ3n) is 5.08. The van der Waals surface area contributed by atoms with Gasteiger partial charge in [-0.25, -0.2) is 4.79 Å². The second-order valence-electron chi connectivity index (χ2n) is 7.65. The molecule has 3 amide bonds. The Morgan fingerprint density at radius 3 is 2.14 bits per heavy atom. The summed E-state index contributed by atoms with van der Waals surface area (Å²) in [4.78, 5) is 62.9. The number of amides is 3. The van der Waals surface area contributed by atoms with E-state index in [1.165, 1.54) is 0 Å². The highest BCUT2D eigenvalue weighted by molar-refractivity contribution is 7.80. The molecular formula is C21H27N5O8S. The Morgan fingerprint density at radius 1 is 0.943 bits per heavy atom. The van der Waals surface area contributed by atoms with E-state index in [1.807, 2.05) is 12.1 Å². The van der Waals surface area contributed by atoms with Crippen LogP contribution in [-0.2, 0) is 30.4 Å². The first kappa shape index (κ1) is 27.6. The van der Waals surface area contributed by atoms with E-state index in [4.69, 9.17) is 15.9 Å². The predicted molar refractivity (Wildman–Crippen MR) is 127 cm³/mol. The fourth-order valence-corrected chi connectivity index (χ4v) is 3.47. The summed E-state index contributed by atoms with van der Waals surface area (Å²) >= 11 is 4.03. The number of nitrogens with two attached hydrogens (primary N) is 1. The third-order valence-corrected chi connectivity index (χ3v) is 5.44. The Hall–Kier alpha value is -3.62. The van der Waals surface area contributed by atoms with Crippen molar-refractivity contribution >= 4 is 53.2 Å². The van der Waals surface area contributed by atoms with Crippen molar-refractivity contribution in [3.05, 3.63) is 36.0 Å². The number of benzene rings is 1. The number of H-pyrrole nitrogens is 1.